The zero-order chi connectivity index (χ0) is 8.81. The molecule has 3 nitrogen and oxygen atoms in total. The highest BCUT2D eigenvalue weighted by molar-refractivity contribution is 5.46. The Hall–Kier alpha value is -0.570. The predicted molar refractivity (Wildman–Crippen MR) is 49.0 cm³/mol. The fourth-order valence-electron chi connectivity index (χ4n) is 1.53. The van der Waals surface area contributed by atoms with Gasteiger partial charge in [0.1, 0.15) is 0 Å². The molecule has 1 rings (SSSR count). The van der Waals surface area contributed by atoms with Crippen LogP contribution in [0.2, 0.25) is 0 Å². The molecule has 0 aromatic heterocycles. The van der Waals surface area contributed by atoms with Crippen molar-refractivity contribution in [1.82, 2.24) is 9.80 Å². The van der Waals surface area contributed by atoms with E-state index in [0.717, 1.165) is 19.5 Å². The van der Waals surface area contributed by atoms with Gasteiger partial charge in [0.2, 0.25) is 6.41 Å². The second-order valence-corrected chi connectivity index (χ2v) is 3.49. The van der Waals surface area contributed by atoms with Crippen molar-refractivity contribution in [3.05, 3.63) is 0 Å². The van der Waals surface area contributed by atoms with E-state index in [1.165, 1.54) is 32.4 Å². The number of likely N-dealkylation sites (N-methyl/N-ethyl adjacent to an activating group) is 1. The Bertz CT molecular complexity index is 132. The molecule has 1 amide bonds. The van der Waals surface area contributed by atoms with Crippen LogP contribution >= 0.6 is 0 Å². The van der Waals surface area contributed by atoms with Gasteiger partial charge in [0.15, 0.2) is 0 Å². The molecule has 1 heterocycles. The molecule has 0 radical (unpaired) electrons. The van der Waals surface area contributed by atoms with Crippen molar-refractivity contribution in [1.29, 1.82) is 0 Å². The maximum absolute atomic E-state index is 10.3. The summed E-state index contributed by atoms with van der Waals surface area (Å²) in [5, 5.41) is 0. The predicted octanol–water partition coefficient (Wildman–Crippen LogP) is 0.560. The molecule has 1 aliphatic heterocycles. The molecule has 0 N–H and O–H groups in total. The minimum absolute atomic E-state index is 0.865. The van der Waals surface area contributed by atoms with E-state index in [2.05, 4.69) is 4.90 Å². The summed E-state index contributed by atoms with van der Waals surface area (Å²) in [6.07, 6.45) is 4.92. The Morgan fingerprint density at radius 2 is 2.00 bits per heavy atom. The fourth-order valence-corrected chi connectivity index (χ4v) is 1.53. The Morgan fingerprint density at radius 3 is 2.58 bits per heavy atom. The quantitative estimate of drug-likeness (QED) is 0.576. The van der Waals surface area contributed by atoms with Crippen LogP contribution in [0.3, 0.4) is 0 Å². The molecule has 1 fully saturated rings. The van der Waals surface area contributed by atoms with E-state index in [1.807, 2.05) is 7.05 Å². The molecular formula is C9H18N2O. The van der Waals surface area contributed by atoms with Gasteiger partial charge >= 0.3 is 0 Å². The lowest BCUT2D eigenvalue weighted by Crippen LogP contribution is -2.36. The summed E-state index contributed by atoms with van der Waals surface area (Å²) >= 11 is 0. The molecule has 70 valence electrons. The standard InChI is InChI=1S/C9H18N2O/c1-10(9-12)7-8-11-5-3-2-4-6-11/h9H,2-8H2,1H3. The van der Waals surface area contributed by atoms with Gasteiger partial charge in [-0.25, -0.2) is 0 Å². The lowest BCUT2D eigenvalue weighted by molar-refractivity contribution is -0.117. The van der Waals surface area contributed by atoms with Crippen LogP contribution in [0.5, 0.6) is 0 Å². The molecule has 3 heteroatoms. The van der Waals surface area contributed by atoms with Crippen LogP contribution in [0.4, 0.5) is 0 Å². The second kappa shape index (κ2) is 5.14. The van der Waals surface area contributed by atoms with Crippen LogP contribution in [0.25, 0.3) is 0 Å². The van der Waals surface area contributed by atoms with Crippen molar-refractivity contribution in [2.24, 2.45) is 0 Å². The molecule has 0 aromatic rings. The molecule has 1 aliphatic rings. The lowest BCUT2D eigenvalue weighted by atomic mass is 10.1. The van der Waals surface area contributed by atoms with Gasteiger partial charge in [0.25, 0.3) is 0 Å². The van der Waals surface area contributed by atoms with Gasteiger partial charge in [-0.15, -0.1) is 0 Å². The largest absolute Gasteiger partial charge is 0.347 e. The van der Waals surface area contributed by atoms with E-state index in [0.29, 0.717) is 0 Å². The zero-order valence-corrected chi connectivity index (χ0v) is 7.83. The minimum atomic E-state index is 0.865. The third kappa shape index (κ3) is 3.22. The lowest BCUT2D eigenvalue weighted by Gasteiger charge is -2.27. The van der Waals surface area contributed by atoms with Crippen LogP contribution in [-0.2, 0) is 4.79 Å². The topological polar surface area (TPSA) is 23.6 Å². The average Bonchev–Trinajstić information content (AvgIpc) is 2.16. The first-order valence-electron chi connectivity index (χ1n) is 4.71. The number of hydrogen-bond donors (Lipinski definition) is 0. The first-order valence-corrected chi connectivity index (χ1v) is 4.71. The number of piperidine rings is 1. The Balaban J connectivity index is 2.08. The number of likely N-dealkylation sites (tertiary alicyclic amines) is 1. The van der Waals surface area contributed by atoms with Crippen molar-refractivity contribution in [3.8, 4) is 0 Å². The maximum atomic E-state index is 10.3. The summed E-state index contributed by atoms with van der Waals surface area (Å²) in [6, 6.07) is 0. The van der Waals surface area contributed by atoms with Gasteiger partial charge < -0.3 is 9.80 Å². The Morgan fingerprint density at radius 1 is 1.33 bits per heavy atom. The molecule has 0 saturated carbocycles. The number of hydrogen-bond acceptors (Lipinski definition) is 2. The molecular weight excluding hydrogens is 152 g/mol. The van der Waals surface area contributed by atoms with Gasteiger partial charge in [0, 0.05) is 20.1 Å². The maximum Gasteiger partial charge on any atom is 0.209 e. The summed E-state index contributed by atoms with van der Waals surface area (Å²) in [7, 11) is 1.83. The van der Waals surface area contributed by atoms with E-state index in [9.17, 15) is 4.79 Å². The minimum Gasteiger partial charge on any atom is -0.347 e. The van der Waals surface area contributed by atoms with Crippen LogP contribution in [0.15, 0.2) is 0 Å². The molecule has 1 saturated heterocycles. The molecule has 0 unspecified atom stereocenters. The molecule has 0 aromatic carbocycles. The van der Waals surface area contributed by atoms with E-state index < -0.39 is 0 Å². The van der Waals surface area contributed by atoms with Crippen molar-refractivity contribution < 1.29 is 4.79 Å². The number of carbonyl (C=O) groups is 1. The van der Waals surface area contributed by atoms with Crippen molar-refractivity contribution in [2.75, 3.05) is 33.2 Å². The molecule has 0 bridgehead atoms. The summed E-state index contributed by atoms with van der Waals surface area (Å²) in [5.74, 6) is 0. The summed E-state index contributed by atoms with van der Waals surface area (Å²) in [6.45, 7) is 4.33. The van der Waals surface area contributed by atoms with E-state index in [4.69, 9.17) is 0 Å². The Labute approximate surface area is 74.3 Å². The van der Waals surface area contributed by atoms with Crippen molar-refractivity contribution >= 4 is 6.41 Å². The smallest absolute Gasteiger partial charge is 0.209 e. The zero-order valence-electron chi connectivity index (χ0n) is 7.83. The Kier molecular flexibility index (Phi) is 4.08. The van der Waals surface area contributed by atoms with Gasteiger partial charge in [-0.1, -0.05) is 6.42 Å². The third-order valence-electron chi connectivity index (χ3n) is 2.40. The van der Waals surface area contributed by atoms with Crippen LogP contribution in [-0.4, -0.2) is 49.4 Å². The summed E-state index contributed by atoms with van der Waals surface area (Å²) < 4.78 is 0. The van der Waals surface area contributed by atoms with Crippen molar-refractivity contribution in [2.45, 2.75) is 19.3 Å². The molecule has 0 aliphatic carbocycles. The van der Waals surface area contributed by atoms with Gasteiger partial charge in [0.05, 0.1) is 0 Å². The first kappa shape index (κ1) is 9.52. The first-order chi connectivity index (χ1) is 5.83. The summed E-state index contributed by atoms with van der Waals surface area (Å²) in [4.78, 5) is 14.4. The monoisotopic (exact) mass is 170 g/mol. The highest BCUT2D eigenvalue weighted by Gasteiger charge is 2.09. The highest BCUT2D eigenvalue weighted by Crippen LogP contribution is 2.07. The SMILES string of the molecule is CN(C=O)CCN1CCCCC1. The van der Waals surface area contributed by atoms with Crippen LogP contribution in [0, 0.1) is 0 Å². The average molecular weight is 170 g/mol. The number of rotatable bonds is 4. The van der Waals surface area contributed by atoms with E-state index in [1.54, 1.807) is 4.90 Å². The second-order valence-electron chi connectivity index (χ2n) is 3.49. The highest BCUT2D eigenvalue weighted by atomic mass is 16.1. The van der Waals surface area contributed by atoms with Gasteiger partial charge in [-0.3, -0.25) is 4.79 Å². The van der Waals surface area contributed by atoms with E-state index in [-0.39, 0.29) is 0 Å². The molecule has 0 spiro atoms. The number of carbonyl (C=O) groups excluding carboxylic acids is 1. The normalized spacial score (nSPS) is 19.1. The third-order valence-corrected chi connectivity index (χ3v) is 2.40. The summed E-state index contributed by atoms with van der Waals surface area (Å²) in [5.41, 5.74) is 0. The fraction of sp³-hybridized carbons (Fsp3) is 0.889. The molecule has 0 atom stereocenters. The number of amides is 1. The van der Waals surface area contributed by atoms with Gasteiger partial charge in [-0.05, 0) is 25.9 Å². The van der Waals surface area contributed by atoms with Crippen LogP contribution < -0.4 is 0 Å². The molecule has 12 heavy (non-hydrogen) atoms. The van der Waals surface area contributed by atoms with Gasteiger partial charge in [-0.2, -0.15) is 0 Å². The van der Waals surface area contributed by atoms with Crippen molar-refractivity contribution in [3.63, 3.8) is 0 Å². The van der Waals surface area contributed by atoms with Crippen LogP contribution in [0.1, 0.15) is 19.3 Å². The van der Waals surface area contributed by atoms with E-state index >= 15 is 0 Å². The number of nitrogens with zero attached hydrogens (tertiary/aromatic N) is 2.